The van der Waals surface area contributed by atoms with E-state index in [2.05, 4.69) is 15.6 Å². The second kappa shape index (κ2) is 20.6. The van der Waals surface area contributed by atoms with Gasteiger partial charge in [0, 0.05) is 56.6 Å². The first-order valence-electron chi connectivity index (χ1n) is 24.9. The number of H-pyrrole nitrogens is 1. The third kappa shape index (κ3) is 11.5. The third-order valence-corrected chi connectivity index (χ3v) is 14.2. The van der Waals surface area contributed by atoms with E-state index in [0.29, 0.717) is 45.6 Å². The molecule has 4 aromatic rings. The van der Waals surface area contributed by atoms with Gasteiger partial charge >= 0.3 is 12.2 Å². The fraction of sp³-hybridized carbons (Fsp3) is 0.596. The highest BCUT2D eigenvalue weighted by molar-refractivity contribution is 5.94. The number of halogens is 3. The molecule has 2 aliphatic heterocycles. The van der Waals surface area contributed by atoms with Crippen molar-refractivity contribution >= 4 is 57.8 Å². The molecule has 6 amide bonds. The van der Waals surface area contributed by atoms with Crippen LogP contribution in [0.5, 0.6) is 0 Å². The number of nitrogens with zero attached hydrogens (tertiary/aromatic N) is 6. The van der Waals surface area contributed by atoms with Crippen LogP contribution < -0.4 is 10.6 Å². The summed E-state index contributed by atoms with van der Waals surface area (Å²) in [4.78, 5) is 95.5. The molecule has 0 radical (unpaired) electrons. The van der Waals surface area contributed by atoms with Crippen molar-refractivity contribution in [3.05, 3.63) is 53.6 Å². The number of carbonyl (C=O) groups excluding carboxylic acids is 6. The molecule has 20 heteroatoms. The zero-order valence-electron chi connectivity index (χ0n) is 43.4. The molecule has 1 saturated carbocycles. The summed E-state index contributed by atoms with van der Waals surface area (Å²) in [5, 5.41) is 6.23. The van der Waals surface area contributed by atoms with Gasteiger partial charge in [0.15, 0.2) is 5.82 Å². The van der Waals surface area contributed by atoms with Crippen LogP contribution >= 0.6 is 0 Å². The Kier molecular flexibility index (Phi) is 15.3. The fourth-order valence-corrected chi connectivity index (χ4v) is 9.91. The Morgan fingerprint density at radius 1 is 0.792 bits per heavy atom. The number of ether oxygens (including phenoxy) is 2. The van der Waals surface area contributed by atoms with Gasteiger partial charge in [-0.25, -0.2) is 27.7 Å². The van der Waals surface area contributed by atoms with Gasteiger partial charge in [-0.3, -0.25) is 29.0 Å². The summed E-state index contributed by atoms with van der Waals surface area (Å²) in [6.45, 7) is 17.3. The van der Waals surface area contributed by atoms with Crippen LogP contribution in [0.25, 0.3) is 33.5 Å². The fourth-order valence-electron chi connectivity index (χ4n) is 9.91. The standard InChI is InChI=1S/C52H70F3N9O8/c1-13-37(58-45(65)27(3)60(11)49(69)71-51(5,6)7)47(67)62-25-32(55)20-33(62)23-36-34-17-15-30(53)21-39(34)56-43(36)44-57-40-22-31(54)16-18-41(40)63(44)26-42-35-19-29(35)24-64(42)48(68)38(14-2)59-46(66)28(4)61(12)50(70)72-52(8,9)10/h15-18,21-22,27-29,32-33,35,37-38,42,56H,13-14,19-20,23-26H2,1-12H3,(H,58,65)(H,59,66)/t27-,28-,29-,32-,33-,35-,37-,38-,42+/m0/s1. The lowest BCUT2D eigenvalue weighted by Gasteiger charge is -2.33. The van der Waals surface area contributed by atoms with Crippen molar-refractivity contribution in [2.45, 2.75) is 162 Å². The molecular formula is C52H70F3N9O8. The normalized spacial score (nSPS) is 21.5. The molecule has 0 unspecified atom stereocenters. The topological polar surface area (TPSA) is 192 Å². The first-order valence-corrected chi connectivity index (χ1v) is 24.9. The Hall–Kier alpha value is -6.34. The molecule has 17 nitrogen and oxygen atoms in total. The molecule has 3 aliphatic rings. The predicted molar refractivity (Wildman–Crippen MR) is 264 cm³/mol. The van der Waals surface area contributed by atoms with E-state index in [1.807, 2.05) is 4.57 Å². The lowest BCUT2D eigenvalue weighted by molar-refractivity contribution is -0.139. The lowest BCUT2D eigenvalue weighted by atomic mass is 9.99. The average Bonchev–Trinajstić information content (AvgIpc) is 3.51. The highest BCUT2D eigenvalue weighted by Crippen LogP contribution is 2.51. The van der Waals surface area contributed by atoms with Crippen molar-refractivity contribution < 1.29 is 51.4 Å². The average molecular weight is 1010 g/mol. The molecule has 0 bridgehead atoms. The van der Waals surface area contributed by atoms with Crippen molar-refractivity contribution in [3.63, 3.8) is 0 Å². The molecule has 2 aromatic carbocycles. The minimum atomic E-state index is -1.40. The summed E-state index contributed by atoms with van der Waals surface area (Å²) in [5.74, 6) is -2.26. The first kappa shape index (κ1) is 53.5. The van der Waals surface area contributed by atoms with E-state index in [-0.39, 0.29) is 62.6 Å². The second-order valence-corrected chi connectivity index (χ2v) is 21.7. The number of imidazole rings is 1. The number of carbonyl (C=O) groups is 6. The van der Waals surface area contributed by atoms with E-state index >= 15 is 13.2 Å². The van der Waals surface area contributed by atoms with Gasteiger partial charge in [-0.15, -0.1) is 0 Å². The summed E-state index contributed by atoms with van der Waals surface area (Å²) < 4.78 is 58.5. The monoisotopic (exact) mass is 1010 g/mol. The number of hydrogen-bond acceptors (Lipinski definition) is 9. The molecule has 7 rings (SSSR count). The Morgan fingerprint density at radius 3 is 1.89 bits per heavy atom. The number of fused-ring (bicyclic) bond motifs is 3. The summed E-state index contributed by atoms with van der Waals surface area (Å²) in [7, 11) is 2.89. The molecule has 392 valence electrons. The molecule has 72 heavy (non-hydrogen) atoms. The van der Waals surface area contributed by atoms with E-state index in [1.165, 1.54) is 55.1 Å². The maximum Gasteiger partial charge on any atom is 0.410 e. The smallest absolute Gasteiger partial charge is 0.410 e. The molecule has 1 aliphatic carbocycles. The SMILES string of the molecule is CC[C@H](NC(=O)[C@H](C)N(C)C(=O)OC(C)(C)C)C(=O)N1C[C@@H](F)C[C@H]1Cc1c(-c2nc3cc(F)ccc3n2C[C@@H]2[C@H]3C[C@H]3CN2C(=O)[C@H](CC)NC(=O)[C@H](C)N(C)C(=O)OC(C)(C)C)[nH]c2cc(F)ccc12. The largest absolute Gasteiger partial charge is 0.444 e. The molecule has 4 heterocycles. The van der Waals surface area contributed by atoms with Crippen LogP contribution in [0.1, 0.15) is 100 Å². The van der Waals surface area contributed by atoms with Gasteiger partial charge in [0.25, 0.3) is 0 Å². The van der Waals surface area contributed by atoms with Gasteiger partial charge in [0.05, 0.1) is 29.3 Å². The number of likely N-dealkylation sites (N-methyl/N-ethyl adjacent to an activating group) is 2. The number of benzene rings is 2. The van der Waals surface area contributed by atoms with Crippen LogP contribution in [-0.2, 0) is 41.6 Å². The van der Waals surface area contributed by atoms with Crippen molar-refractivity contribution in [2.75, 3.05) is 27.2 Å². The Morgan fingerprint density at radius 2 is 1.33 bits per heavy atom. The van der Waals surface area contributed by atoms with E-state index in [1.54, 1.807) is 79.3 Å². The number of rotatable bonds is 15. The zero-order valence-corrected chi connectivity index (χ0v) is 43.4. The number of aromatic nitrogens is 3. The van der Waals surface area contributed by atoms with Gasteiger partial charge < -0.3 is 39.5 Å². The minimum absolute atomic E-state index is 0.0315. The van der Waals surface area contributed by atoms with Gasteiger partial charge in [-0.05, 0) is 129 Å². The Labute approximate surface area is 418 Å². The number of likely N-dealkylation sites (tertiary alicyclic amines) is 2. The highest BCUT2D eigenvalue weighted by atomic mass is 19.1. The van der Waals surface area contributed by atoms with E-state index in [9.17, 15) is 28.8 Å². The summed E-state index contributed by atoms with van der Waals surface area (Å²) in [6.07, 6.45) is -1.42. The van der Waals surface area contributed by atoms with E-state index < -0.39 is 89.1 Å². The van der Waals surface area contributed by atoms with Crippen LogP contribution in [0.2, 0.25) is 0 Å². The van der Waals surface area contributed by atoms with E-state index in [4.69, 9.17) is 14.5 Å². The van der Waals surface area contributed by atoms with Crippen LogP contribution in [-0.4, -0.2) is 151 Å². The predicted octanol–water partition coefficient (Wildman–Crippen LogP) is 7.09. The van der Waals surface area contributed by atoms with Gasteiger partial charge in [-0.2, -0.15) is 0 Å². The molecule has 0 spiro atoms. The van der Waals surface area contributed by atoms with Crippen molar-refractivity contribution in [3.8, 4) is 11.5 Å². The van der Waals surface area contributed by atoms with Gasteiger partial charge in [0.1, 0.15) is 53.2 Å². The first-order chi connectivity index (χ1) is 33.7. The van der Waals surface area contributed by atoms with Gasteiger partial charge in [0.2, 0.25) is 23.6 Å². The van der Waals surface area contributed by atoms with Crippen molar-refractivity contribution in [1.82, 2.24) is 44.8 Å². The van der Waals surface area contributed by atoms with Crippen LogP contribution in [0.3, 0.4) is 0 Å². The molecule has 2 aromatic heterocycles. The second-order valence-electron chi connectivity index (χ2n) is 21.7. The molecule has 3 fully saturated rings. The maximum atomic E-state index is 15.7. The molecular weight excluding hydrogens is 936 g/mol. The molecule has 2 saturated heterocycles. The number of amides is 6. The number of aromatic amines is 1. The highest BCUT2D eigenvalue weighted by Gasteiger charge is 2.55. The number of alkyl halides is 1. The van der Waals surface area contributed by atoms with Crippen molar-refractivity contribution in [1.29, 1.82) is 0 Å². The van der Waals surface area contributed by atoms with E-state index in [0.717, 1.165) is 11.3 Å². The maximum absolute atomic E-state index is 15.7. The number of piperidine rings is 1. The summed E-state index contributed by atoms with van der Waals surface area (Å²) in [5.41, 5.74) is 0.751. The summed E-state index contributed by atoms with van der Waals surface area (Å²) >= 11 is 0. The van der Waals surface area contributed by atoms with Gasteiger partial charge in [-0.1, -0.05) is 13.8 Å². The number of hydrogen-bond donors (Lipinski definition) is 3. The van der Waals surface area contributed by atoms with Crippen LogP contribution in [0.15, 0.2) is 36.4 Å². The van der Waals surface area contributed by atoms with Crippen molar-refractivity contribution in [2.24, 2.45) is 11.8 Å². The third-order valence-electron chi connectivity index (χ3n) is 14.2. The lowest BCUT2D eigenvalue weighted by Crippen LogP contribution is -2.55. The molecule has 9 atom stereocenters. The summed E-state index contributed by atoms with van der Waals surface area (Å²) in [6, 6.07) is 3.49. The minimum Gasteiger partial charge on any atom is -0.444 e. The molecule has 3 N–H and O–H groups in total. The Balaban J connectivity index is 1.18. The van der Waals surface area contributed by atoms with Crippen LogP contribution in [0, 0.1) is 23.5 Å². The zero-order chi connectivity index (χ0) is 52.9. The van der Waals surface area contributed by atoms with Crippen LogP contribution in [0.4, 0.5) is 22.8 Å². The quantitative estimate of drug-likeness (QED) is 0.112. The Bertz CT molecular complexity index is 2730. The number of nitrogens with one attached hydrogen (secondary N) is 3.